The van der Waals surface area contributed by atoms with Gasteiger partial charge in [-0.2, -0.15) is 0 Å². The molecule has 23 heavy (non-hydrogen) atoms. The Morgan fingerprint density at radius 2 is 1.78 bits per heavy atom. The number of aryl methyl sites for hydroxylation is 1. The van der Waals surface area contributed by atoms with Crippen molar-refractivity contribution in [3.05, 3.63) is 53.8 Å². The number of ether oxygens (including phenoxy) is 2. The smallest absolute Gasteiger partial charge is 0.261 e. The summed E-state index contributed by atoms with van der Waals surface area (Å²) >= 11 is 0. The SMILES string of the molecule is COCCOc1ccc(NS(=O)(=O)c2ccc(F)cc2)c(C)c1. The number of sulfonamides is 1. The zero-order valence-electron chi connectivity index (χ0n) is 12.9. The van der Waals surface area contributed by atoms with Crippen LogP contribution in [0.3, 0.4) is 0 Å². The molecule has 1 N–H and O–H groups in total. The summed E-state index contributed by atoms with van der Waals surface area (Å²) < 4.78 is 50.3. The van der Waals surface area contributed by atoms with Crippen LogP contribution in [0.4, 0.5) is 10.1 Å². The minimum Gasteiger partial charge on any atom is -0.491 e. The molecule has 0 fully saturated rings. The van der Waals surface area contributed by atoms with E-state index < -0.39 is 15.8 Å². The number of benzene rings is 2. The Bertz CT molecular complexity index is 760. The number of rotatable bonds is 7. The third kappa shape index (κ3) is 4.67. The molecule has 2 aromatic rings. The molecule has 2 aromatic carbocycles. The fourth-order valence-corrected chi connectivity index (χ4v) is 3.03. The summed E-state index contributed by atoms with van der Waals surface area (Å²) in [5.41, 5.74) is 1.15. The van der Waals surface area contributed by atoms with Crippen LogP contribution in [-0.2, 0) is 14.8 Å². The van der Waals surface area contributed by atoms with E-state index in [1.807, 2.05) is 0 Å². The van der Waals surface area contributed by atoms with Crippen LogP contribution in [0.25, 0.3) is 0 Å². The van der Waals surface area contributed by atoms with Crippen molar-refractivity contribution in [1.82, 2.24) is 0 Å². The number of hydrogen-bond acceptors (Lipinski definition) is 4. The van der Waals surface area contributed by atoms with Crippen molar-refractivity contribution in [2.24, 2.45) is 0 Å². The molecule has 0 unspecified atom stereocenters. The number of methoxy groups -OCH3 is 1. The predicted molar refractivity (Wildman–Crippen MR) is 85.8 cm³/mol. The molecule has 0 radical (unpaired) electrons. The van der Waals surface area contributed by atoms with Crippen LogP contribution in [0.1, 0.15) is 5.56 Å². The molecule has 7 heteroatoms. The van der Waals surface area contributed by atoms with Gasteiger partial charge in [0, 0.05) is 7.11 Å². The first kappa shape index (κ1) is 17.2. The molecular weight excluding hydrogens is 321 g/mol. The Kier molecular flexibility index (Phi) is 5.57. The standard InChI is InChI=1S/C16H18FNO4S/c1-12-11-14(22-10-9-21-2)5-8-16(12)18-23(19,20)15-6-3-13(17)4-7-15/h3-8,11,18H,9-10H2,1-2H3. The largest absolute Gasteiger partial charge is 0.491 e. The highest BCUT2D eigenvalue weighted by Gasteiger charge is 2.15. The fraction of sp³-hybridized carbons (Fsp3) is 0.250. The highest BCUT2D eigenvalue weighted by atomic mass is 32.2. The summed E-state index contributed by atoms with van der Waals surface area (Å²) in [5, 5.41) is 0. The quantitative estimate of drug-likeness (QED) is 0.788. The average molecular weight is 339 g/mol. The third-order valence-corrected chi connectivity index (χ3v) is 4.50. The molecule has 0 aliphatic carbocycles. The highest BCUT2D eigenvalue weighted by molar-refractivity contribution is 7.92. The number of anilines is 1. The maximum absolute atomic E-state index is 12.9. The summed E-state index contributed by atoms with van der Waals surface area (Å²) in [5.74, 6) is 0.141. The second-order valence-electron chi connectivity index (χ2n) is 4.88. The van der Waals surface area contributed by atoms with E-state index in [-0.39, 0.29) is 4.90 Å². The van der Waals surface area contributed by atoms with Gasteiger partial charge in [-0.3, -0.25) is 4.72 Å². The van der Waals surface area contributed by atoms with Crippen LogP contribution in [0.5, 0.6) is 5.75 Å². The van der Waals surface area contributed by atoms with Gasteiger partial charge in [0.25, 0.3) is 10.0 Å². The van der Waals surface area contributed by atoms with Crippen molar-refractivity contribution >= 4 is 15.7 Å². The minimum atomic E-state index is -3.76. The molecule has 0 amide bonds. The van der Waals surface area contributed by atoms with Crippen LogP contribution >= 0.6 is 0 Å². The van der Waals surface area contributed by atoms with Crippen molar-refractivity contribution < 1.29 is 22.3 Å². The third-order valence-electron chi connectivity index (χ3n) is 3.12. The molecule has 0 heterocycles. The van der Waals surface area contributed by atoms with Crippen molar-refractivity contribution in [2.45, 2.75) is 11.8 Å². The van der Waals surface area contributed by atoms with Gasteiger partial charge in [-0.15, -0.1) is 0 Å². The Hall–Kier alpha value is -2.12. The maximum atomic E-state index is 12.9. The zero-order valence-corrected chi connectivity index (χ0v) is 13.7. The van der Waals surface area contributed by atoms with E-state index in [1.54, 1.807) is 32.2 Å². The van der Waals surface area contributed by atoms with E-state index in [4.69, 9.17) is 9.47 Å². The normalized spacial score (nSPS) is 11.3. The van der Waals surface area contributed by atoms with E-state index >= 15 is 0 Å². The number of hydrogen-bond donors (Lipinski definition) is 1. The van der Waals surface area contributed by atoms with E-state index in [0.717, 1.165) is 12.1 Å². The Morgan fingerprint density at radius 1 is 1.09 bits per heavy atom. The van der Waals surface area contributed by atoms with Gasteiger partial charge in [0.05, 0.1) is 17.2 Å². The summed E-state index contributed by atoms with van der Waals surface area (Å²) in [7, 11) is -2.18. The van der Waals surface area contributed by atoms with Gasteiger partial charge in [-0.25, -0.2) is 12.8 Å². The molecule has 0 atom stereocenters. The molecule has 0 aliphatic rings. The van der Waals surface area contributed by atoms with Gasteiger partial charge in [0.15, 0.2) is 0 Å². The van der Waals surface area contributed by atoms with Gasteiger partial charge in [-0.1, -0.05) is 0 Å². The molecular formula is C16H18FNO4S. The lowest BCUT2D eigenvalue weighted by molar-refractivity contribution is 0.146. The van der Waals surface area contributed by atoms with Gasteiger partial charge in [0.1, 0.15) is 18.2 Å². The van der Waals surface area contributed by atoms with Crippen molar-refractivity contribution in [2.75, 3.05) is 25.0 Å². The van der Waals surface area contributed by atoms with E-state index in [9.17, 15) is 12.8 Å². The predicted octanol–water partition coefficient (Wildman–Crippen LogP) is 2.96. The van der Waals surface area contributed by atoms with Gasteiger partial charge >= 0.3 is 0 Å². The lowest BCUT2D eigenvalue weighted by Crippen LogP contribution is -2.14. The van der Waals surface area contributed by atoms with Crippen molar-refractivity contribution in [3.8, 4) is 5.75 Å². The topological polar surface area (TPSA) is 64.6 Å². The number of halogens is 1. The summed E-state index contributed by atoms with van der Waals surface area (Å²) in [6.45, 7) is 2.65. The fourth-order valence-electron chi connectivity index (χ4n) is 1.90. The first-order valence-corrected chi connectivity index (χ1v) is 8.41. The molecule has 0 aromatic heterocycles. The van der Waals surface area contributed by atoms with Crippen LogP contribution in [0, 0.1) is 12.7 Å². The Balaban J connectivity index is 2.14. The van der Waals surface area contributed by atoms with Crippen molar-refractivity contribution in [1.29, 1.82) is 0 Å². The lowest BCUT2D eigenvalue weighted by atomic mass is 10.2. The average Bonchev–Trinajstić information content (AvgIpc) is 2.50. The van der Waals surface area contributed by atoms with Gasteiger partial charge < -0.3 is 9.47 Å². The van der Waals surface area contributed by atoms with Crippen LogP contribution in [0.15, 0.2) is 47.4 Å². The first-order valence-electron chi connectivity index (χ1n) is 6.93. The van der Waals surface area contributed by atoms with E-state index in [2.05, 4.69) is 4.72 Å². The maximum Gasteiger partial charge on any atom is 0.261 e. The second kappa shape index (κ2) is 7.43. The zero-order chi connectivity index (χ0) is 16.9. The molecule has 124 valence electrons. The van der Waals surface area contributed by atoms with Crippen LogP contribution < -0.4 is 9.46 Å². The van der Waals surface area contributed by atoms with Crippen LogP contribution in [0.2, 0.25) is 0 Å². The molecule has 0 saturated heterocycles. The van der Waals surface area contributed by atoms with E-state index in [1.165, 1.54) is 12.1 Å². The molecule has 0 bridgehead atoms. The summed E-state index contributed by atoms with van der Waals surface area (Å²) in [6, 6.07) is 9.68. The van der Waals surface area contributed by atoms with Gasteiger partial charge in [-0.05, 0) is 55.0 Å². The summed E-state index contributed by atoms with van der Waals surface area (Å²) in [4.78, 5) is -0.00118. The Labute approximate surface area is 135 Å². The molecule has 2 rings (SSSR count). The van der Waals surface area contributed by atoms with Crippen molar-refractivity contribution in [3.63, 3.8) is 0 Å². The molecule has 0 spiro atoms. The molecule has 5 nitrogen and oxygen atoms in total. The van der Waals surface area contributed by atoms with Gasteiger partial charge in [0.2, 0.25) is 0 Å². The molecule has 0 aliphatic heterocycles. The second-order valence-corrected chi connectivity index (χ2v) is 6.56. The Morgan fingerprint density at radius 3 is 2.39 bits per heavy atom. The van der Waals surface area contributed by atoms with E-state index in [0.29, 0.717) is 30.2 Å². The minimum absolute atomic E-state index is 0.00118. The lowest BCUT2D eigenvalue weighted by Gasteiger charge is -2.12. The number of nitrogens with one attached hydrogen (secondary N) is 1. The molecule has 0 saturated carbocycles. The summed E-state index contributed by atoms with van der Waals surface area (Å²) in [6.07, 6.45) is 0. The van der Waals surface area contributed by atoms with Crippen LogP contribution in [-0.4, -0.2) is 28.7 Å². The highest BCUT2D eigenvalue weighted by Crippen LogP contribution is 2.24. The first-order chi connectivity index (χ1) is 10.9. The monoisotopic (exact) mass is 339 g/mol.